The van der Waals surface area contributed by atoms with Crippen LogP contribution in [-0.2, 0) is 9.59 Å². The normalized spacial score (nSPS) is 10.7. The van der Waals surface area contributed by atoms with Crippen molar-refractivity contribution < 1.29 is 14.7 Å². The smallest absolute Gasteiger partial charge is 0.329 e. The molecule has 2 amide bonds. The van der Waals surface area contributed by atoms with Crippen LogP contribution < -0.4 is 10.7 Å². The highest BCUT2D eigenvalue weighted by atomic mass is 35.5. The average molecular weight is 380 g/mol. The zero-order chi connectivity index (χ0) is 18.6. The van der Waals surface area contributed by atoms with Gasteiger partial charge >= 0.3 is 11.8 Å². The molecular weight excluding hydrogens is 365 g/mol. The molecule has 6 nitrogen and oxygen atoms in total. The molecule has 0 fully saturated rings. The van der Waals surface area contributed by atoms with Crippen molar-refractivity contribution in [2.24, 2.45) is 5.10 Å². The Hall–Kier alpha value is -2.57. The monoisotopic (exact) mass is 379 g/mol. The van der Waals surface area contributed by atoms with Gasteiger partial charge < -0.3 is 10.4 Å². The number of nitrogens with zero attached hydrogens (tertiary/aromatic N) is 1. The summed E-state index contributed by atoms with van der Waals surface area (Å²) >= 11 is 11.6. The van der Waals surface area contributed by atoms with Crippen LogP contribution >= 0.6 is 23.2 Å². The van der Waals surface area contributed by atoms with Gasteiger partial charge in [-0.2, -0.15) is 5.10 Å². The molecule has 25 heavy (non-hydrogen) atoms. The fourth-order valence-corrected chi connectivity index (χ4v) is 2.39. The second-order valence-electron chi connectivity index (χ2n) is 5.29. The molecule has 0 saturated carbocycles. The average Bonchev–Trinajstić information content (AvgIpc) is 2.55. The van der Waals surface area contributed by atoms with Crippen LogP contribution in [0, 0.1) is 13.8 Å². The Labute approximate surface area is 154 Å². The molecule has 0 saturated heterocycles. The molecule has 2 aromatic rings. The molecule has 8 heteroatoms. The van der Waals surface area contributed by atoms with E-state index in [-0.39, 0.29) is 15.8 Å². The van der Waals surface area contributed by atoms with E-state index in [2.05, 4.69) is 15.8 Å². The molecule has 0 radical (unpaired) electrons. The molecule has 0 atom stereocenters. The van der Waals surface area contributed by atoms with Gasteiger partial charge in [0.05, 0.1) is 16.3 Å². The zero-order valence-corrected chi connectivity index (χ0v) is 14.9. The zero-order valence-electron chi connectivity index (χ0n) is 13.4. The summed E-state index contributed by atoms with van der Waals surface area (Å²) in [6, 6.07) is 8.14. The van der Waals surface area contributed by atoms with Crippen LogP contribution in [0.25, 0.3) is 0 Å². The van der Waals surface area contributed by atoms with Crippen LogP contribution in [0.5, 0.6) is 5.75 Å². The Balaban J connectivity index is 1.97. The third-order valence-corrected chi connectivity index (χ3v) is 3.97. The van der Waals surface area contributed by atoms with Crippen LogP contribution in [0.3, 0.4) is 0 Å². The summed E-state index contributed by atoms with van der Waals surface area (Å²) in [7, 11) is 0. The van der Waals surface area contributed by atoms with Crippen molar-refractivity contribution in [3.05, 3.63) is 57.1 Å². The van der Waals surface area contributed by atoms with Crippen LogP contribution in [0.4, 0.5) is 5.69 Å². The molecule has 0 aliphatic rings. The quantitative estimate of drug-likeness (QED) is 0.433. The van der Waals surface area contributed by atoms with Gasteiger partial charge in [-0.05, 0) is 54.8 Å². The number of benzene rings is 2. The lowest BCUT2D eigenvalue weighted by atomic mass is 10.1. The predicted octanol–water partition coefficient (Wildman–Crippen LogP) is 3.40. The fraction of sp³-hybridized carbons (Fsp3) is 0.118. The van der Waals surface area contributed by atoms with Crippen LogP contribution in [0.2, 0.25) is 10.0 Å². The molecule has 2 rings (SSSR count). The molecule has 0 spiro atoms. The van der Waals surface area contributed by atoms with Crippen molar-refractivity contribution in [3.63, 3.8) is 0 Å². The molecule has 130 valence electrons. The van der Waals surface area contributed by atoms with Crippen molar-refractivity contribution in [2.75, 3.05) is 5.32 Å². The van der Waals surface area contributed by atoms with Crippen molar-refractivity contribution in [1.29, 1.82) is 0 Å². The van der Waals surface area contributed by atoms with E-state index in [0.29, 0.717) is 11.3 Å². The number of rotatable bonds is 3. The number of carbonyl (C=O) groups is 2. The van der Waals surface area contributed by atoms with Crippen LogP contribution in [0.1, 0.15) is 16.7 Å². The van der Waals surface area contributed by atoms with Gasteiger partial charge in [0.1, 0.15) is 0 Å². The highest BCUT2D eigenvalue weighted by molar-refractivity contribution is 6.39. The molecule has 0 aromatic heterocycles. The van der Waals surface area contributed by atoms with Gasteiger partial charge in [0.25, 0.3) is 0 Å². The number of phenols is 1. The Morgan fingerprint density at radius 3 is 2.28 bits per heavy atom. The minimum atomic E-state index is -0.926. The maximum Gasteiger partial charge on any atom is 0.329 e. The Morgan fingerprint density at radius 2 is 1.68 bits per heavy atom. The van der Waals surface area contributed by atoms with Gasteiger partial charge in [-0.15, -0.1) is 0 Å². The lowest BCUT2D eigenvalue weighted by Crippen LogP contribution is -2.32. The fourth-order valence-electron chi connectivity index (χ4n) is 1.88. The highest BCUT2D eigenvalue weighted by Gasteiger charge is 2.13. The Morgan fingerprint density at radius 1 is 1.04 bits per heavy atom. The van der Waals surface area contributed by atoms with E-state index in [1.165, 1.54) is 18.3 Å². The number of hydrazone groups is 1. The topological polar surface area (TPSA) is 90.8 Å². The lowest BCUT2D eigenvalue weighted by molar-refractivity contribution is -0.136. The van der Waals surface area contributed by atoms with Crippen LogP contribution in [-0.4, -0.2) is 23.1 Å². The number of nitrogens with one attached hydrogen (secondary N) is 2. The first kappa shape index (κ1) is 18.8. The van der Waals surface area contributed by atoms with E-state index < -0.39 is 11.8 Å². The number of aryl methyl sites for hydroxylation is 2. The largest absolute Gasteiger partial charge is 0.505 e. The summed E-state index contributed by atoms with van der Waals surface area (Å²) in [5, 5.41) is 15.7. The van der Waals surface area contributed by atoms with E-state index in [1.807, 2.05) is 19.9 Å². The number of phenolic OH excluding ortho intramolecular Hbond substituents is 1. The summed E-state index contributed by atoms with van der Waals surface area (Å²) in [4.78, 5) is 23.6. The first-order valence-electron chi connectivity index (χ1n) is 7.17. The van der Waals surface area contributed by atoms with E-state index in [1.54, 1.807) is 12.1 Å². The summed E-state index contributed by atoms with van der Waals surface area (Å²) in [5.74, 6) is -2.01. The summed E-state index contributed by atoms with van der Waals surface area (Å²) < 4.78 is 0. The highest BCUT2D eigenvalue weighted by Crippen LogP contribution is 2.32. The molecule has 0 unspecified atom stereocenters. The van der Waals surface area contributed by atoms with Gasteiger partial charge in [-0.3, -0.25) is 9.59 Å². The molecule has 0 aliphatic heterocycles. The molecule has 0 bridgehead atoms. The second kappa shape index (κ2) is 8.00. The van der Waals surface area contributed by atoms with Crippen molar-refractivity contribution in [2.45, 2.75) is 13.8 Å². The summed E-state index contributed by atoms with van der Waals surface area (Å²) in [5.41, 5.74) is 5.14. The number of halogens is 2. The van der Waals surface area contributed by atoms with Crippen LogP contribution in [0.15, 0.2) is 35.4 Å². The molecule has 0 aliphatic carbocycles. The number of amides is 2. The third kappa shape index (κ3) is 4.95. The van der Waals surface area contributed by atoms with E-state index in [0.717, 1.165) is 11.1 Å². The lowest BCUT2D eigenvalue weighted by Gasteiger charge is -2.06. The van der Waals surface area contributed by atoms with Gasteiger partial charge in [0.15, 0.2) is 5.75 Å². The molecule has 0 heterocycles. The van der Waals surface area contributed by atoms with E-state index >= 15 is 0 Å². The first-order valence-corrected chi connectivity index (χ1v) is 7.93. The SMILES string of the molecule is Cc1ccc(NC(=O)C(=O)N/N=C/c2cc(Cl)c(O)c(Cl)c2)cc1C. The third-order valence-electron chi connectivity index (χ3n) is 3.39. The molecule has 3 N–H and O–H groups in total. The number of carbonyl (C=O) groups excluding carboxylic acids is 2. The number of hydrogen-bond donors (Lipinski definition) is 3. The Bertz CT molecular complexity index is 843. The standard InChI is InChI=1S/C17H15Cl2N3O3/c1-9-3-4-12(5-10(9)2)21-16(24)17(25)22-20-8-11-6-13(18)15(23)14(19)7-11/h3-8,23H,1-2H3,(H,21,24)(H,22,25)/b20-8+. The van der Waals surface area contributed by atoms with Gasteiger partial charge in [-0.25, -0.2) is 5.43 Å². The van der Waals surface area contributed by atoms with Gasteiger partial charge in [0, 0.05) is 5.69 Å². The summed E-state index contributed by atoms with van der Waals surface area (Å²) in [6.45, 7) is 3.85. The minimum Gasteiger partial charge on any atom is -0.505 e. The van der Waals surface area contributed by atoms with Gasteiger partial charge in [0.2, 0.25) is 0 Å². The van der Waals surface area contributed by atoms with E-state index in [4.69, 9.17) is 23.2 Å². The maximum absolute atomic E-state index is 11.8. The van der Waals surface area contributed by atoms with Gasteiger partial charge in [-0.1, -0.05) is 29.3 Å². The number of anilines is 1. The van der Waals surface area contributed by atoms with Crippen molar-refractivity contribution >= 4 is 46.9 Å². The first-order chi connectivity index (χ1) is 11.8. The predicted molar refractivity (Wildman–Crippen MR) is 98.4 cm³/mol. The van der Waals surface area contributed by atoms with Crippen molar-refractivity contribution in [1.82, 2.24) is 5.43 Å². The van der Waals surface area contributed by atoms with E-state index in [9.17, 15) is 14.7 Å². The Kier molecular flexibility index (Phi) is 6.01. The number of hydrogen-bond acceptors (Lipinski definition) is 4. The number of aromatic hydroxyl groups is 1. The minimum absolute atomic E-state index is 0.0489. The second-order valence-corrected chi connectivity index (χ2v) is 6.10. The maximum atomic E-state index is 11.8. The van der Waals surface area contributed by atoms with Crippen molar-refractivity contribution in [3.8, 4) is 5.75 Å². The molecular formula is C17H15Cl2N3O3. The molecule has 2 aromatic carbocycles. The summed E-state index contributed by atoms with van der Waals surface area (Å²) in [6.07, 6.45) is 1.25.